The van der Waals surface area contributed by atoms with E-state index >= 15 is 0 Å². The van der Waals surface area contributed by atoms with Gasteiger partial charge in [0.1, 0.15) is 0 Å². The van der Waals surface area contributed by atoms with E-state index in [0.29, 0.717) is 5.02 Å². The quantitative estimate of drug-likeness (QED) is 0.811. The number of ether oxygens (including phenoxy) is 1. The van der Waals surface area contributed by atoms with E-state index in [2.05, 4.69) is 5.32 Å². The molecule has 4 aliphatic rings. The molecule has 0 saturated heterocycles. The fourth-order valence-electron chi connectivity index (χ4n) is 5.68. The molecule has 1 aromatic carbocycles. The first-order valence-corrected chi connectivity index (χ1v) is 9.59. The van der Waals surface area contributed by atoms with Gasteiger partial charge in [0.15, 0.2) is 6.61 Å². The maximum Gasteiger partial charge on any atom is 0.340 e. The number of carbonyl (C=O) groups excluding carboxylic acids is 2. The summed E-state index contributed by atoms with van der Waals surface area (Å²) in [5, 5.41) is 3.35. The van der Waals surface area contributed by atoms with Gasteiger partial charge in [-0.2, -0.15) is 0 Å². The van der Waals surface area contributed by atoms with Gasteiger partial charge in [-0.3, -0.25) is 4.79 Å². The molecule has 5 rings (SSSR count). The van der Waals surface area contributed by atoms with Crippen LogP contribution < -0.4 is 5.32 Å². The molecule has 1 N–H and O–H groups in total. The lowest BCUT2D eigenvalue weighted by Gasteiger charge is -2.56. The van der Waals surface area contributed by atoms with E-state index in [0.717, 1.165) is 24.3 Å². The molecule has 0 spiro atoms. The Kier molecular flexibility index (Phi) is 4.48. The maximum atomic E-state index is 12.1. The van der Waals surface area contributed by atoms with Crippen LogP contribution in [-0.2, 0) is 9.53 Å². The zero-order chi connectivity index (χ0) is 17.4. The van der Waals surface area contributed by atoms with Crippen LogP contribution in [0, 0.1) is 23.2 Å². The number of esters is 1. The van der Waals surface area contributed by atoms with Crippen molar-refractivity contribution >= 4 is 23.5 Å². The summed E-state index contributed by atoms with van der Waals surface area (Å²) in [4.78, 5) is 24.1. The highest BCUT2D eigenvalue weighted by Gasteiger charge is 2.50. The molecule has 0 radical (unpaired) electrons. The van der Waals surface area contributed by atoms with E-state index in [1.165, 1.54) is 38.5 Å². The predicted octanol–water partition coefficient (Wildman–Crippen LogP) is 3.83. The normalized spacial score (nSPS) is 32.4. The second kappa shape index (κ2) is 6.64. The van der Waals surface area contributed by atoms with Crippen molar-refractivity contribution in [1.29, 1.82) is 0 Å². The van der Waals surface area contributed by atoms with E-state index < -0.39 is 5.97 Å². The minimum atomic E-state index is -0.560. The molecule has 1 aromatic rings. The largest absolute Gasteiger partial charge is 0.452 e. The SMILES string of the molecule is O=C(COC(=O)c1ccccc1Cl)NCC12CC3CC(CC(C3)C1)C2. The van der Waals surface area contributed by atoms with Crippen LogP contribution in [0.2, 0.25) is 5.02 Å². The smallest absolute Gasteiger partial charge is 0.340 e. The third-order valence-electron chi connectivity index (χ3n) is 6.25. The van der Waals surface area contributed by atoms with Crippen molar-refractivity contribution in [3.63, 3.8) is 0 Å². The Morgan fingerprint density at radius 2 is 1.68 bits per heavy atom. The minimum Gasteiger partial charge on any atom is -0.452 e. The molecule has 0 aliphatic heterocycles. The van der Waals surface area contributed by atoms with Gasteiger partial charge in [0.25, 0.3) is 5.91 Å². The van der Waals surface area contributed by atoms with E-state index in [9.17, 15) is 9.59 Å². The second-order valence-corrected chi connectivity index (χ2v) is 8.66. The van der Waals surface area contributed by atoms with Crippen molar-refractivity contribution in [3.8, 4) is 0 Å². The average Bonchev–Trinajstić information content (AvgIpc) is 2.57. The summed E-state index contributed by atoms with van der Waals surface area (Å²) in [6.45, 7) is 0.468. The van der Waals surface area contributed by atoms with Crippen molar-refractivity contribution in [3.05, 3.63) is 34.9 Å². The molecule has 4 fully saturated rings. The molecule has 4 aliphatic carbocycles. The number of benzene rings is 1. The summed E-state index contributed by atoms with van der Waals surface area (Å²) in [5.74, 6) is 1.80. The molecule has 5 heteroatoms. The van der Waals surface area contributed by atoms with Crippen molar-refractivity contribution in [2.45, 2.75) is 38.5 Å². The molecule has 25 heavy (non-hydrogen) atoms. The first-order valence-electron chi connectivity index (χ1n) is 9.21. The van der Waals surface area contributed by atoms with E-state index in [1.54, 1.807) is 24.3 Å². The van der Waals surface area contributed by atoms with Crippen LogP contribution in [0.4, 0.5) is 0 Å². The molecule has 4 nitrogen and oxygen atoms in total. The molecule has 0 atom stereocenters. The Hall–Kier alpha value is -1.55. The summed E-state index contributed by atoms with van der Waals surface area (Å²) >= 11 is 5.97. The fourth-order valence-corrected chi connectivity index (χ4v) is 5.89. The Labute approximate surface area is 153 Å². The summed E-state index contributed by atoms with van der Waals surface area (Å²) in [6, 6.07) is 6.69. The molecule has 134 valence electrons. The van der Waals surface area contributed by atoms with Gasteiger partial charge in [-0.1, -0.05) is 23.7 Å². The monoisotopic (exact) mass is 361 g/mol. The van der Waals surface area contributed by atoms with Gasteiger partial charge in [0.2, 0.25) is 0 Å². The highest BCUT2D eigenvalue weighted by molar-refractivity contribution is 6.33. The van der Waals surface area contributed by atoms with Crippen molar-refractivity contribution in [2.75, 3.05) is 13.2 Å². The van der Waals surface area contributed by atoms with Crippen LogP contribution in [0.15, 0.2) is 24.3 Å². The number of rotatable bonds is 5. The van der Waals surface area contributed by atoms with Crippen LogP contribution in [0.3, 0.4) is 0 Å². The summed E-state index contributed by atoms with van der Waals surface area (Å²) < 4.78 is 5.11. The minimum absolute atomic E-state index is 0.226. The van der Waals surface area contributed by atoms with Gasteiger partial charge in [-0.15, -0.1) is 0 Å². The van der Waals surface area contributed by atoms with Crippen molar-refractivity contribution in [2.24, 2.45) is 23.2 Å². The summed E-state index contributed by atoms with van der Waals surface area (Å²) in [7, 11) is 0. The molecule has 4 bridgehead atoms. The molecule has 0 heterocycles. The molecule has 1 amide bonds. The zero-order valence-corrected chi connectivity index (χ0v) is 15.1. The van der Waals surface area contributed by atoms with Gasteiger partial charge in [0.05, 0.1) is 10.6 Å². The maximum absolute atomic E-state index is 12.1. The first-order chi connectivity index (χ1) is 12.0. The highest BCUT2D eigenvalue weighted by Crippen LogP contribution is 2.59. The van der Waals surface area contributed by atoms with Crippen LogP contribution in [0.25, 0.3) is 0 Å². The second-order valence-electron chi connectivity index (χ2n) is 8.25. The Morgan fingerprint density at radius 3 is 2.28 bits per heavy atom. The fraction of sp³-hybridized carbons (Fsp3) is 0.600. The third kappa shape index (κ3) is 3.55. The van der Waals surface area contributed by atoms with Crippen molar-refractivity contribution < 1.29 is 14.3 Å². The lowest BCUT2D eigenvalue weighted by atomic mass is 9.49. The molecular weight excluding hydrogens is 338 g/mol. The number of hydrogen-bond acceptors (Lipinski definition) is 3. The predicted molar refractivity (Wildman–Crippen MR) is 95.3 cm³/mol. The standard InChI is InChI=1S/C20H24ClNO3/c21-17-4-2-1-3-16(17)19(24)25-11-18(23)22-12-20-8-13-5-14(9-20)7-15(6-13)10-20/h1-4,13-15H,5-12H2,(H,22,23). The lowest BCUT2D eigenvalue weighted by Crippen LogP contribution is -2.51. The van der Waals surface area contributed by atoms with E-state index in [1.807, 2.05) is 0 Å². The molecular formula is C20H24ClNO3. The number of carbonyl (C=O) groups is 2. The topological polar surface area (TPSA) is 55.4 Å². The first kappa shape index (κ1) is 16.9. The Morgan fingerprint density at radius 1 is 1.08 bits per heavy atom. The summed E-state index contributed by atoms with van der Waals surface area (Å²) in [6.07, 6.45) is 7.92. The van der Waals surface area contributed by atoms with Crippen LogP contribution in [-0.4, -0.2) is 25.0 Å². The lowest BCUT2D eigenvalue weighted by molar-refractivity contribution is -0.126. The van der Waals surface area contributed by atoms with E-state index in [-0.39, 0.29) is 23.5 Å². The van der Waals surface area contributed by atoms with Gasteiger partial charge in [0, 0.05) is 6.54 Å². The van der Waals surface area contributed by atoms with Crippen LogP contribution in [0.5, 0.6) is 0 Å². The molecule has 4 saturated carbocycles. The summed E-state index contributed by atoms with van der Waals surface area (Å²) in [5.41, 5.74) is 0.579. The van der Waals surface area contributed by atoms with Crippen LogP contribution in [0.1, 0.15) is 48.9 Å². The van der Waals surface area contributed by atoms with Crippen LogP contribution >= 0.6 is 11.6 Å². The number of nitrogens with one attached hydrogen (secondary N) is 1. The van der Waals surface area contributed by atoms with Gasteiger partial charge < -0.3 is 10.1 Å². The van der Waals surface area contributed by atoms with Gasteiger partial charge >= 0.3 is 5.97 Å². The zero-order valence-electron chi connectivity index (χ0n) is 14.3. The van der Waals surface area contributed by atoms with E-state index in [4.69, 9.17) is 16.3 Å². The Bertz CT molecular complexity index is 652. The number of amides is 1. The van der Waals surface area contributed by atoms with Gasteiger partial charge in [-0.05, 0) is 73.8 Å². The molecule has 0 aromatic heterocycles. The Balaban J connectivity index is 1.27. The number of halogens is 1. The highest BCUT2D eigenvalue weighted by atomic mass is 35.5. The third-order valence-corrected chi connectivity index (χ3v) is 6.58. The van der Waals surface area contributed by atoms with Gasteiger partial charge in [-0.25, -0.2) is 4.79 Å². The van der Waals surface area contributed by atoms with Crippen molar-refractivity contribution in [1.82, 2.24) is 5.32 Å². The number of hydrogen-bond donors (Lipinski definition) is 1. The average molecular weight is 362 g/mol. The molecule has 0 unspecified atom stereocenters.